The Balaban J connectivity index is 1.42. The van der Waals surface area contributed by atoms with E-state index in [4.69, 9.17) is 5.73 Å². The summed E-state index contributed by atoms with van der Waals surface area (Å²) >= 11 is 0. The molecule has 4 aromatic rings. The highest BCUT2D eigenvalue weighted by Crippen LogP contribution is 2.22. The lowest BCUT2D eigenvalue weighted by Gasteiger charge is -2.18. The zero-order valence-electron chi connectivity index (χ0n) is 19.5. The summed E-state index contributed by atoms with van der Waals surface area (Å²) in [6.07, 6.45) is 5.56. The number of nitrogens with two attached hydrogens (primary N) is 1. The van der Waals surface area contributed by atoms with E-state index in [9.17, 15) is 4.79 Å². The summed E-state index contributed by atoms with van der Waals surface area (Å²) in [6.45, 7) is 6.44. The van der Waals surface area contributed by atoms with Crippen LogP contribution in [-0.4, -0.2) is 44.0 Å². The first kappa shape index (κ1) is 23.1. The van der Waals surface area contributed by atoms with Gasteiger partial charge in [-0.15, -0.1) is 0 Å². The number of benzene rings is 2. The molecule has 2 aromatic heterocycles. The van der Waals surface area contributed by atoms with Crippen LogP contribution in [0.2, 0.25) is 0 Å². The molecule has 0 unspecified atom stereocenters. The van der Waals surface area contributed by atoms with Crippen molar-refractivity contribution < 1.29 is 4.79 Å². The molecule has 0 aliphatic rings. The van der Waals surface area contributed by atoms with Gasteiger partial charge in [0.2, 0.25) is 0 Å². The van der Waals surface area contributed by atoms with E-state index < -0.39 is 0 Å². The van der Waals surface area contributed by atoms with Crippen LogP contribution in [0.1, 0.15) is 41.8 Å². The number of hydrogen-bond acceptors (Lipinski definition) is 7. The van der Waals surface area contributed by atoms with E-state index in [0.717, 1.165) is 22.2 Å². The second kappa shape index (κ2) is 9.80. The molecule has 9 heteroatoms. The standard InChI is InChI=1S/C25H28N8O/c1-17-5-4-6-20(13-17)33-23-21(15-31-33)22(28-16-29-23)32-30-14-18-7-9-19(10-8-18)24(34)27-12-11-25(2,3)26/h4-10,13-16H,11-12,26H2,1-3H3,(H,27,34)(H,28,29,32)/b30-14+. The number of hydrogen-bond donors (Lipinski definition) is 3. The van der Waals surface area contributed by atoms with E-state index in [-0.39, 0.29) is 11.4 Å². The van der Waals surface area contributed by atoms with Crippen LogP contribution in [0.25, 0.3) is 16.7 Å². The van der Waals surface area contributed by atoms with Gasteiger partial charge in [0.1, 0.15) is 6.33 Å². The molecular formula is C25H28N8O. The fourth-order valence-corrected chi connectivity index (χ4v) is 3.37. The van der Waals surface area contributed by atoms with Crippen LogP contribution in [-0.2, 0) is 0 Å². The van der Waals surface area contributed by atoms with Crippen molar-refractivity contribution in [2.45, 2.75) is 32.7 Å². The van der Waals surface area contributed by atoms with E-state index in [2.05, 4.69) is 30.9 Å². The molecule has 4 N–H and O–H groups in total. The number of aromatic nitrogens is 4. The normalized spacial score (nSPS) is 11.8. The molecule has 0 radical (unpaired) electrons. The molecule has 2 heterocycles. The van der Waals surface area contributed by atoms with Crippen LogP contribution in [0.4, 0.5) is 5.82 Å². The maximum atomic E-state index is 12.3. The van der Waals surface area contributed by atoms with Crippen LogP contribution < -0.4 is 16.5 Å². The Labute approximate surface area is 198 Å². The van der Waals surface area contributed by atoms with Gasteiger partial charge in [-0.3, -0.25) is 10.2 Å². The Morgan fingerprint density at radius 1 is 1.18 bits per heavy atom. The second-order valence-corrected chi connectivity index (χ2v) is 8.84. The quantitative estimate of drug-likeness (QED) is 0.276. The van der Waals surface area contributed by atoms with E-state index in [0.29, 0.717) is 30.0 Å². The predicted molar refractivity (Wildman–Crippen MR) is 134 cm³/mol. The maximum absolute atomic E-state index is 12.3. The highest BCUT2D eigenvalue weighted by atomic mass is 16.1. The number of aryl methyl sites for hydroxylation is 1. The number of anilines is 1. The van der Waals surface area contributed by atoms with Gasteiger partial charge in [-0.1, -0.05) is 24.3 Å². The number of nitrogens with zero attached hydrogens (tertiary/aromatic N) is 5. The van der Waals surface area contributed by atoms with Gasteiger partial charge in [-0.05, 0) is 62.6 Å². The van der Waals surface area contributed by atoms with Crippen LogP contribution in [0.15, 0.2) is 66.2 Å². The molecule has 4 rings (SSSR count). The van der Waals surface area contributed by atoms with Gasteiger partial charge in [-0.2, -0.15) is 10.2 Å². The molecule has 0 saturated carbocycles. The smallest absolute Gasteiger partial charge is 0.251 e. The van der Waals surface area contributed by atoms with Crippen molar-refractivity contribution in [2.24, 2.45) is 10.8 Å². The molecule has 0 saturated heterocycles. The minimum absolute atomic E-state index is 0.125. The van der Waals surface area contributed by atoms with Crippen molar-refractivity contribution in [1.29, 1.82) is 0 Å². The number of nitrogens with one attached hydrogen (secondary N) is 2. The van der Waals surface area contributed by atoms with Crippen LogP contribution in [0.5, 0.6) is 0 Å². The lowest BCUT2D eigenvalue weighted by atomic mass is 10.0. The summed E-state index contributed by atoms with van der Waals surface area (Å²) in [7, 11) is 0. The van der Waals surface area contributed by atoms with Gasteiger partial charge in [0.15, 0.2) is 11.5 Å². The number of fused-ring (bicyclic) bond motifs is 1. The summed E-state index contributed by atoms with van der Waals surface area (Å²) < 4.78 is 1.77. The van der Waals surface area contributed by atoms with Crippen molar-refractivity contribution in [3.8, 4) is 5.69 Å². The molecular weight excluding hydrogens is 428 g/mol. The first-order valence-electron chi connectivity index (χ1n) is 11.0. The van der Waals surface area contributed by atoms with Crippen molar-refractivity contribution in [2.75, 3.05) is 12.0 Å². The molecule has 0 atom stereocenters. The van der Waals surface area contributed by atoms with E-state index in [1.165, 1.54) is 6.33 Å². The monoisotopic (exact) mass is 456 g/mol. The third kappa shape index (κ3) is 5.62. The molecule has 0 bridgehead atoms. The Kier molecular flexibility index (Phi) is 6.65. The minimum atomic E-state index is -0.310. The van der Waals surface area contributed by atoms with Crippen molar-refractivity contribution in [3.05, 3.63) is 77.7 Å². The van der Waals surface area contributed by atoms with Gasteiger partial charge < -0.3 is 11.1 Å². The summed E-state index contributed by atoms with van der Waals surface area (Å²) in [4.78, 5) is 21.0. The van der Waals surface area contributed by atoms with Gasteiger partial charge in [0, 0.05) is 17.6 Å². The largest absolute Gasteiger partial charge is 0.352 e. The third-order valence-corrected chi connectivity index (χ3v) is 5.22. The van der Waals surface area contributed by atoms with E-state index >= 15 is 0 Å². The number of amides is 1. The Bertz CT molecular complexity index is 1320. The Hall–Kier alpha value is -4.11. The average Bonchev–Trinajstić information content (AvgIpc) is 3.24. The molecule has 34 heavy (non-hydrogen) atoms. The fraction of sp³-hybridized carbons (Fsp3) is 0.240. The van der Waals surface area contributed by atoms with Gasteiger partial charge in [-0.25, -0.2) is 14.6 Å². The summed E-state index contributed by atoms with van der Waals surface area (Å²) in [5.41, 5.74) is 12.8. The van der Waals surface area contributed by atoms with Crippen molar-refractivity contribution >= 4 is 29.0 Å². The highest BCUT2D eigenvalue weighted by molar-refractivity contribution is 5.95. The number of carbonyl (C=O) groups excluding carboxylic acids is 1. The molecule has 2 aromatic carbocycles. The first-order chi connectivity index (χ1) is 16.3. The highest BCUT2D eigenvalue weighted by Gasteiger charge is 2.12. The molecule has 174 valence electrons. The molecule has 1 amide bonds. The summed E-state index contributed by atoms with van der Waals surface area (Å²) in [5.74, 6) is 0.429. The first-order valence-corrected chi connectivity index (χ1v) is 11.0. The SMILES string of the molecule is Cc1cccc(-n2ncc3c(N/N=C/c4ccc(C(=O)NCCC(C)(C)N)cc4)ncnc32)c1. The van der Waals surface area contributed by atoms with Crippen LogP contribution in [0.3, 0.4) is 0 Å². The van der Waals surface area contributed by atoms with Gasteiger partial charge >= 0.3 is 0 Å². The Morgan fingerprint density at radius 3 is 2.71 bits per heavy atom. The molecule has 0 aliphatic heterocycles. The maximum Gasteiger partial charge on any atom is 0.251 e. The lowest BCUT2D eigenvalue weighted by molar-refractivity contribution is 0.0951. The van der Waals surface area contributed by atoms with Crippen molar-refractivity contribution in [3.63, 3.8) is 0 Å². The number of rotatable bonds is 8. The number of carbonyl (C=O) groups is 1. The second-order valence-electron chi connectivity index (χ2n) is 8.84. The zero-order valence-corrected chi connectivity index (χ0v) is 19.5. The fourth-order valence-electron chi connectivity index (χ4n) is 3.37. The van der Waals surface area contributed by atoms with Gasteiger partial charge in [0.25, 0.3) is 5.91 Å². The Morgan fingerprint density at radius 2 is 1.97 bits per heavy atom. The van der Waals surface area contributed by atoms with Crippen LogP contribution in [0, 0.1) is 6.92 Å². The number of hydrazone groups is 1. The molecule has 9 nitrogen and oxygen atoms in total. The van der Waals surface area contributed by atoms with Gasteiger partial charge in [0.05, 0.1) is 23.5 Å². The third-order valence-electron chi connectivity index (χ3n) is 5.22. The molecule has 0 aliphatic carbocycles. The van der Waals surface area contributed by atoms with Crippen molar-refractivity contribution in [1.82, 2.24) is 25.1 Å². The van der Waals surface area contributed by atoms with E-state index in [1.54, 1.807) is 29.2 Å². The summed E-state index contributed by atoms with van der Waals surface area (Å²) in [5, 5.41) is 12.4. The zero-order chi connectivity index (χ0) is 24.1. The molecule has 0 fully saturated rings. The minimum Gasteiger partial charge on any atom is -0.352 e. The predicted octanol–water partition coefficient (Wildman–Crippen LogP) is 3.43. The van der Waals surface area contributed by atoms with E-state index in [1.807, 2.05) is 57.2 Å². The topological polar surface area (TPSA) is 123 Å². The molecule has 0 spiro atoms. The lowest BCUT2D eigenvalue weighted by Crippen LogP contribution is -2.37. The summed E-state index contributed by atoms with van der Waals surface area (Å²) in [6, 6.07) is 15.2. The average molecular weight is 457 g/mol. The van der Waals surface area contributed by atoms with Crippen LogP contribution >= 0.6 is 0 Å².